The number of hydrogen-bond donors (Lipinski definition) is 0. The largest absolute Gasteiger partial charge is 0.292 e. The Morgan fingerprint density at radius 3 is 1.78 bits per heavy atom. The fourth-order valence-electron chi connectivity index (χ4n) is 4.67. The van der Waals surface area contributed by atoms with Gasteiger partial charge in [0.2, 0.25) is 5.78 Å². The van der Waals surface area contributed by atoms with Gasteiger partial charge in [-0.25, -0.2) is 0 Å². The number of rotatable bonds is 2. The maximum absolute atomic E-state index is 13.9. The quantitative estimate of drug-likeness (QED) is 0.397. The molecule has 0 saturated carbocycles. The lowest BCUT2D eigenvalue weighted by atomic mass is 9.95. The molecule has 0 bridgehead atoms. The van der Waals surface area contributed by atoms with Gasteiger partial charge >= 0.3 is 0 Å². The first-order valence-corrected chi connectivity index (χ1v) is 11.6. The molecule has 0 fully saturated rings. The van der Waals surface area contributed by atoms with Gasteiger partial charge in [0.05, 0.1) is 11.4 Å². The molecule has 2 amide bonds. The molecule has 0 unspecified atom stereocenters. The monoisotopic (exact) mass is 486 g/mol. The van der Waals surface area contributed by atoms with Crippen LogP contribution in [-0.2, 0) is 11.2 Å². The second-order valence-corrected chi connectivity index (χ2v) is 8.48. The maximum Gasteiger partial charge on any atom is 0.281 e. The van der Waals surface area contributed by atoms with Crippen molar-refractivity contribution in [1.82, 2.24) is 9.97 Å². The van der Waals surface area contributed by atoms with Crippen LogP contribution in [0.4, 0.5) is 11.4 Å². The first kappa shape index (κ1) is 22.2. The molecule has 0 saturated heterocycles. The first-order chi connectivity index (χ1) is 18.1. The molecule has 4 aromatic rings. The number of anilines is 2. The Hall–Kier alpha value is -5.24. The maximum atomic E-state index is 13.9. The Kier molecular flexibility index (Phi) is 5.27. The van der Waals surface area contributed by atoms with Crippen molar-refractivity contribution in [1.29, 1.82) is 0 Å². The Morgan fingerprint density at radius 2 is 1.16 bits per heavy atom. The number of carbonyl (C=O) groups excluding carboxylic acids is 4. The normalized spacial score (nSPS) is 16.4. The number of fused-ring (bicyclic) bond motifs is 2. The van der Waals surface area contributed by atoms with Crippen molar-refractivity contribution < 1.29 is 19.2 Å². The number of carbonyl (C=O) groups is 4. The first-order valence-electron chi connectivity index (χ1n) is 11.6. The van der Waals surface area contributed by atoms with Gasteiger partial charge in [0, 0.05) is 24.4 Å². The molecule has 178 valence electrons. The van der Waals surface area contributed by atoms with E-state index in [1.807, 2.05) is 0 Å². The Morgan fingerprint density at radius 1 is 0.622 bits per heavy atom. The molecule has 0 aliphatic carbocycles. The van der Waals surface area contributed by atoms with Gasteiger partial charge in [-0.2, -0.15) is 0 Å². The van der Waals surface area contributed by atoms with Gasteiger partial charge in [0.25, 0.3) is 11.8 Å². The minimum absolute atomic E-state index is 0.0315. The molecule has 0 spiro atoms. The van der Waals surface area contributed by atoms with Crippen LogP contribution in [0.25, 0.3) is 0 Å². The zero-order chi connectivity index (χ0) is 25.5. The van der Waals surface area contributed by atoms with E-state index >= 15 is 0 Å². The predicted octanol–water partition coefficient (Wildman–Crippen LogP) is 4.00. The van der Waals surface area contributed by atoms with Crippen molar-refractivity contribution >= 4 is 34.8 Å². The van der Waals surface area contributed by atoms with Crippen LogP contribution in [-0.4, -0.2) is 33.3 Å². The van der Waals surface area contributed by atoms with Crippen molar-refractivity contribution in [3.05, 3.63) is 131 Å². The Balaban J connectivity index is 1.63. The minimum atomic E-state index is -0.586. The highest BCUT2D eigenvalue weighted by Gasteiger charge is 2.45. The number of hydrogen-bond acceptors (Lipinski definition) is 6. The van der Waals surface area contributed by atoms with E-state index in [1.54, 1.807) is 72.8 Å². The van der Waals surface area contributed by atoms with Gasteiger partial charge in [-0.15, -0.1) is 0 Å². The van der Waals surface area contributed by atoms with Crippen LogP contribution in [0.2, 0.25) is 0 Å². The molecule has 37 heavy (non-hydrogen) atoms. The Bertz CT molecular complexity index is 1630. The van der Waals surface area contributed by atoms with E-state index in [9.17, 15) is 19.2 Å². The zero-order valence-electron chi connectivity index (χ0n) is 19.4. The summed E-state index contributed by atoms with van der Waals surface area (Å²) in [5, 5.41) is 0. The van der Waals surface area contributed by atoms with Crippen LogP contribution in [0.15, 0.2) is 109 Å². The molecule has 8 heteroatoms. The van der Waals surface area contributed by atoms with Crippen LogP contribution in [0.3, 0.4) is 0 Å². The summed E-state index contributed by atoms with van der Waals surface area (Å²) < 4.78 is 0. The summed E-state index contributed by atoms with van der Waals surface area (Å²) in [6, 6.07) is 23.4. The molecule has 2 aromatic heterocycles. The third-order valence-electron chi connectivity index (χ3n) is 6.30. The van der Waals surface area contributed by atoms with E-state index in [-0.39, 0.29) is 34.8 Å². The van der Waals surface area contributed by atoms with Gasteiger partial charge in [-0.05, 0) is 48.0 Å². The number of benzene rings is 2. The van der Waals surface area contributed by atoms with E-state index in [0.717, 1.165) is 0 Å². The smallest absolute Gasteiger partial charge is 0.281 e. The highest BCUT2D eigenvalue weighted by atomic mass is 16.2. The van der Waals surface area contributed by atoms with Crippen LogP contribution in [0.1, 0.15) is 36.9 Å². The minimum Gasteiger partial charge on any atom is -0.292 e. The third-order valence-corrected chi connectivity index (χ3v) is 6.30. The van der Waals surface area contributed by atoms with Crippen molar-refractivity contribution in [2.75, 3.05) is 9.80 Å². The molecule has 2 aliphatic heterocycles. The van der Waals surface area contributed by atoms with Crippen LogP contribution in [0, 0.1) is 0 Å². The molecular formula is C29H18N4O4. The van der Waals surface area contributed by atoms with Gasteiger partial charge in [-0.1, -0.05) is 42.5 Å². The molecule has 4 heterocycles. The summed E-state index contributed by atoms with van der Waals surface area (Å²) >= 11 is 0. The SMILES string of the molecule is O=C1Cc2ccccc2N(C(=O)c2ccccn2)/C1=C1\C(=O)c2ccccc2N1C(=O)c1ccccn1. The van der Waals surface area contributed by atoms with Crippen LogP contribution < -0.4 is 9.80 Å². The number of para-hydroxylation sites is 2. The lowest BCUT2D eigenvalue weighted by Gasteiger charge is -2.33. The summed E-state index contributed by atoms with van der Waals surface area (Å²) in [5.74, 6) is -2.16. The fraction of sp³-hybridized carbons (Fsp3) is 0.0345. The third kappa shape index (κ3) is 3.54. The van der Waals surface area contributed by atoms with Crippen molar-refractivity contribution in [2.45, 2.75) is 6.42 Å². The van der Waals surface area contributed by atoms with Gasteiger partial charge in [-0.3, -0.25) is 38.9 Å². The average Bonchev–Trinajstić information content (AvgIpc) is 3.24. The topological polar surface area (TPSA) is 101 Å². The lowest BCUT2D eigenvalue weighted by molar-refractivity contribution is -0.115. The zero-order valence-corrected chi connectivity index (χ0v) is 19.4. The van der Waals surface area contributed by atoms with E-state index in [0.29, 0.717) is 16.9 Å². The second kappa shape index (κ2) is 8.76. The molecular weight excluding hydrogens is 468 g/mol. The van der Waals surface area contributed by atoms with Gasteiger partial charge < -0.3 is 0 Å². The van der Waals surface area contributed by atoms with Crippen LogP contribution >= 0.6 is 0 Å². The number of allylic oxidation sites excluding steroid dienone is 2. The van der Waals surface area contributed by atoms with E-state index < -0.39 is 23.4 Å². The number of Topliss-reactive ketones (excluding diaryl/α,β-unsaturated/α-hetero) is 2. The van der Waals surface area contributed by atoms with Crippen molar-refractivity contribution in [2.24, 2.45) is 0 Å². The fourth-order valence-corrected chi connectivity index (χ4v) is 4.67. The standard InChI is InChI=1S/C29H18N4O4/c34-24-17-18-9-1-3-13-22(18)32(28(36)20-11-5-7-15-30-20)25(24)26-27(35)19-10-2-4-14-23(19)33(26)29(37)21-12-6-8-16-31-21/h1-16H,17H2/b26-25+. The van der Waals surface area contributed by atoms with Gasteiger partial charge in [0.15, 0.2) is 5.78 Å². The highest BCUT2D eigenvalue weighted by molar-refractivity contribution is 6.32. The molecule has 2 aliphatic rings. The number of aromatic nitrogens is 2. The number of amides is 2. The van der Waals surface area contributed by atoms with E-state index in [4.69, 9.17) is 0 Å². The summed E-state index contributed by atoms with van der Waals surface area (Å²) in [7, 11) is 0. The number of pyridine rings is 2. The summed E-state index contributed by atoms with van der Waals surface area (Å²) in [4.78, 5) is 65.9. The lowest BCUT2D eigenvalue weighted by Crippen LogP contribution is -2.43. The predicted molar refractivity (Wildman–Crippen MR) is 135 cm³/mol. The number of nitrogens with zero attached hydrogens (tertiary/aromatic N) is 4. The second-order valence-electron chi connectivity index (χ2n) is 8.48. The molecule has 0 radical (unpaired) electrons. The van der Waals surface area contributed by atoms with Crippen LogP contribution in [0.5, 0.6) is 0 Å². The summed E-state index contributed by atoms with van der Waals surface area (Å²) in [6.07, 6.45) is 2.92. The molecule has 0 N–H and O–H groups in total. The summed E-state index contributed by atoms with van der Waals surface area (Å²) in [5.41, 5.74) is 1.50. The average molecular weight is 486 g/mol. The van der Waals surface area contributed by atoms with E-state index in [1.165, 1.54) is 34.3 Å². The van der Waals surface area contributed by atoms with E-state index in [2.05, 4.69) is 9.97 Å². The van der Waals surface area contributed by atoms with Crippen molar-refractivity contribution in [3.63, 3.8) is 0 Å². The highest BCUT2D eigenvalue weighted by Crippen LogP contribution is 2.41. The van der Waals surface area contributed by atoms with Crippen molar-refractivity contribution in [3.8, 4) is 0 Å². The Labute approximate surface area is 211 Å². The molecule has 6 rings (SSSR count). The molecule has 8 nitrogen and oxygen atoms in total. The summed E-state index contributed by atoms with van der Waals surface area (Å²) in [6.45, 7) is 0. The van der Waals surface area contributed by atoms with Gasteiger partial charge in [0.1, 0.15) is 22.8 Å². The number of ketones is 2. The molecule has 2 aromatic carbocycles. The molecule has 0 atom stereocenters.